The van der Waals surface area contributed by atoms with E-state index in [0.717, 1.165) is 19.4 Å². The third kappa shape index (κ3) is 1.83. The highest BCUT2D eigenvalue weighted by Gasteiger charge is 2.45. The molecule has 1 aromatic heterocycles. The van der Waals surface area contributed by atoms with E-state index in [2.05, 4.69) is 5.32 Å². The molecule has 2 rings (SSSR count). The third-order valence-electron chi connectivity index (χ3n) is 2.93. The molecule has 1 aliphatic heterocycles. The second kappa shape index (κ2) is 4.47. The Morgan fingerprint density at radius 3 is 2.88 bits per heavy atom. The van der Waals surface area contributed by atoms with Crippen LogP contribution in [0.2, 0.25) is 5.22 Å². The number of furan rings is 1. The zero-order valence-corrected chi connectivity index (χ0v) is 9.84. The van der Waals surface area contributed by atoms with E-state index in [4.69, 9.17) is 20.8 Å². The van der Waals surface area contributed by atoms with E-state index in [-0.39, 0.29) is 11.2 Å². The molecular formula is C11H14ClNO3. The Hall–Kier alpha value is -1.00. The Balaban J connectivity index is 2.37. The standard InChI is InChI=1S/C11H14ClNO3/c1-15-10(14)11(6-2-3-7-13-11)8-4-5-9(12)16-8/h4-5,13H,2-3,6-7H2,1H3. The second-order valence-electron chi connectivity index (χ2n) is 3.88. The molecule has 0 saturated carbocycles. The summed E-state index contributed by atoms with van der Waals surface area (Å²) in [6.07, 6.45) is 2.68. The predicted molar refractivity (Wildman–Crippen MR) is 59.3 cm³/mol. The zero-order valence-electron chi connectivity index (χ0n) is 9.09. The molecular weight excluding hydrogens is 230 g/mol. The topological polar surface area (TPSA) is 51.5 Å². The molecule has 1 aromatic rings. The van der Waals surface area contributed by atoms with Crippen molar-refractivity contribution >= 4 is 17.6 Å². The van der Waals surface area contributed by atoms with E-state index in [0.29, 0.717) is 12.2 Å². The monoisotopic (exact) mass is 243 g/mol. The van der Waals surface area contributed by atoms with Crippen LogP contribution in [0.5, 0.6) is 0 Å². The van der Waals surface area contributed by atoms with Crippen LogP contribution < -0.4 is 5.32 Å². The molecule has 88 valence electrons. The van der Waals surface area contributed by atoms with Crippen LogP contribution in [0.1, 0.15) is 25.0 Å². The van der Waals surface area contributed by atoms with Crippen molar-refractivity contribution in [1.82, 2.24) is 5.32 Å². The average Bonchev–Trinajstić information content (AvgIpc) is 2.76. The summed E-state index contributed by atoms with van der Waals surface area (Å²) in [5, 5.41) is 3.47. The minimum absolute atomic E-state index is 0.283. The van der Waals surface area contributed by atoms with Gasteiger partial charge >= 0.3 is 5.97 Å². The lowest BCUT2D eigenvalue weighted by Crippen LogP contribution is -2.52. The van der Waals surface area contributed by atoms with E-state index >= 15 is 0 Å². The first-order chi connectivity index (χ1) is 7.69. The fraction of sp³-hybridized carbons (Fsp3) is 0.545. The van der Waals surface area contributed by atoms with Crippen molar-refractivity contribution in [3.05, 3.63) is 23.1 Å². The van der Waals surface area contributed by atoms with E-state index in [1.54, 1.807) is 12.1 Å². The minimum atomic E-state index is -0.861. The van der Waals surface area contributed by atoms with Gasteiger partial charge in [0.1, 0.15) is 5.76 Å². The van der Waals surface area contributed by atoms with Crippen LogP contribution in [-0.2, 0) is 15.1 Å². The maximum Gasteiger partial charge on any atom is 0.334 e. The zero-order chi connectivity index (χ0) is 11.6. The Bertz CT molecular complexity index is 382. The van der Waals surface area contributed by atoms with Gasteiger partial charge in [-0.05, 0) is 49.5 Å². The molecule has 5 heteroatoms. The lowest BCUT2D eigenvalue weighted by Gasteiger charge is -2.33. The molecule has 1 aliphatic rings. The van der Waals surface area contributed by atoms with E-state index in [1.807, 2.05) is 0 Å². The first-order valence-corrected chi connectivity index (χ1v) is 5.66. The van der Waals surface area contributed by atoms with Gasteiger partial charge in [-0.25, -0.2) is 4.79 Å². The number of piperidine rings is 1. The number of rotatable bonds is 2. The second-order valence-corrected chi connectivity index (χ2v) is 4.26. The van der Waals surface area contributed by atoms with Gasteiger partial charge in [0.2, 0.25) is 0 Å². The minimum Gasteiger partial charge on any atom is -0.467 e. The Morgan fingerprint density at radius 1 is 1.56 bits per heavy atom. The number of methoxy groups -OCH3 is 1. The highest BCUT2D eigenvalue weighted by molar-refractivity contribution is 6.28. The average molecular weight is 244 g/mol. The van der Waals surface area contributed by atoms with Gasteiger partial charge in [0, 0.05) is 0 Å². The number of carbonyl (C=O) groups excluding carboxylic acids is 1. The molecule has 1 N–H and O–H groups in total. The summed E-state index contributed by atoms with van der Waals surface area (Å²) in [4.78, 5) is 11.9. The van der Waals surface area contributed by atoms with Gasteiger partial charge in [-0.2, -0.15) is 0 Å². The lowest BCUT2D eigenvalue weighted by molar-refractivity contribution is -0.151. The summed E-state index contributed by atoms with van der Waals surface area (Å²) in [6.45, 7) is 0.771. The molecule has 0 radical (unpaired) electrons. The van der Waals surface area contributed by atoms with E-state index in [1.165, 1.54) is 7.11 Å². The molecule has 16 heavy (non-hydrogen) atoms. The summed E-state index contributed by atoms with van der Waals surface area (Å²) < 4.78 is 10.2. The third-order valence-corrected chi connectivity index (χ3v) is 3.14. The summed E-state index contributed by atoms with van der Waals surface area (Å²) in [5.74, 6) is 0.210. The van der Waals surface area contributed by atoms with Gasteiger partial charge in [0.05, 0.1) is 7.11 Å². The van der Waals surface area contributed by atoms with Crippen LogP contribution in [0, 0.1) is 0 Å². The van der Waals surface area contributed by atoms with Gasteiger partial charge in [-0.3, -0.25) is 5.32 Å². The molecule has 1 saturated heterocycles. The fourth-order valence-corrected chi connectivity index (χ4v) is 2.25. The van der Waals surface area contributed by atoms with Crippen molar-refractivity contribution < 1.29 is 13.9 Å². The normalized spacial score (nSPS) is 25.4. The SMILES string of the molecule is COC(=O)C1(c2ccc(Cl)o2)CCCCN1. The van der Waals surface area contributed by atoms with Crippen molar-refractivity contribution in [3.63, 3.8) is 0 Å². The molecule has 0 amide bonds. The Morgan fingerprint density at radius 2 is 2.38 bits per heavy atom. The summed E-state index contributed by atoms with van der Waals surface area (Å²) in [6, 6.07) is 3.36. The summed E-state index contributed by atoms with van der Waals surface area (Å²) in [7, 11) is 1.38. The smallest absolute Gasteiger partial charge is 0.334 e. The van der Waals surface area contributed by atoms with Crippen LogP contribution in [0.4, 0.5) is 0 Å². The number of esters is 1. The number of nitrogens with one attached hydrogen (secondary N) is 1. The van der Waals surface area contributed by atoms with Gasteiger partial charge in [-0.1, -0.05) is 0 Å². The molecule has 4 nitrogen and oxygen atoms in total. The van der Waals surface area contributed by atoms with Gasteiger partial charge < -0.3 is 9.15 Å². The van der Waals surface area contributed by atoms with Crippen LogP contribution >= 0.6 is 11.6 Å². The van der Waals surface area contributed by atoms with Crippen LogP contribution in [0.15, 0.2) is 16.5 Å². The van der Waals surface area contributed by atoms with Crippen molar-refractivity contribution in [1.29, 1.82) is 0 Å². The number of halogens is 1. The number of hydrogen-bond donors (Lipinski definition) is 1. The summed E-state index contributed by atoms with van der Waals surface area (Å²) >= 11 is 5.74. The van der Waals surface area contributed by atoms with Crippen molar-refractivity contribution in [3.8, 4) is 0 Å². The first-order valence-electron chi connectivity index (χ1n) is 5.28. The van der Waals surface area contributed by atoms with Gasteiger partial charge in [0.15, 0.2) is 10.8 Å². The van der Waals surface area contributed by atoms with Crippen molar-refractivity contribution in [2.24, 2.45) is 0 Å². The maximum absolute atomic E-state index is 11.9. The fourth-order valence-electron chi connectivity index (χ4n) is 2.11. The Kier molecular flexibility index (Phi) is 3.21. The highest BCUT2D eigenvalue weighted by atomic mass is 35.5. The molecule has 2 heterocycles. The molecule has 1 fully saturated rings. The summed E-state index contributed by atoms with van der Waals surface area (Å²) in [5.41, 5.74) is -0.861. The number of hydrogen-bond acceptors (Lipinski definition) is 4. The van der Waals surface area contributed by atoms with Crippen molar-refractivity contribution in [2.45, 2.75) is 24.8 Å². The lowest BCUT2D eigenvalue weighted by atomic mass is 9.86. The van der Waals surface area contributed by atoms with Crippen LogP contribution in [-0.4, -0.2) is 19.6 Å². The molecule has 0 aromatic carbocycles. The van der Waals surface area contributed by atoms with Gasteiger partial charge in [0.25, 0.3) is 0 Å². The molecule has 0 aliphatic carbocycles. The van der Waals surface area contributed by atoms with Crippen molar-refractivity contribution in [2.75, 3.05) is 13.7 Å². The molecule has 1 unspecified atom stereocenters. The van der Waals surface area contributed by atoms with E-state index < -0.39 is 5.54 Å². The largest absolute Gasteiger partial charge is 0.467 e. The number of ether oxygens (including phenoxy) is 1. The maximum atomic E-state index is 11.9. The predicted octanol–water partition coefficient (Wildman–Crippen LogP) is 2.07. The first kappa shape index (κ1) is 11.5. The quantitative estimate of drug-likeness (QED) is 0.808. The van der Waals surface area contributed by atoms with Crippen LogP contribution in [0.3, 0.4) is 0 Å². The van der Waals surface area contributed by atoms with Gasteiger partial charge in [-0.15, -0.1) is 0 Å². The Labute approximate surface area is 98.9 Å². The highest BCUT2D eigenvalue weighted by Crippen LogP contribution is 2.33. The molecule has 1 atom stereocenters. The molecule has 0 spiro atoms. The molecule has 0 bridgehead atoms. The van der Waals surface area contributed by atoms with E-state index in [9.17, 15) is 4.79 Å². The van der Waals surface area contributed by atoms with Crippen LogP contribution in [0.25, 0.3) is 0 Å². The number of carbonyl (C=O) groups is 1.